The molecule has 1 atom stereocenters. The predicted octanol–water partition coefficient (Wildman–Crippen LogP) is 3.41. The monoisotopic (exact) mass is 498 g/mol. The Morgan fingerprint density at radius 3 is 2.51 bits per heavy atom. The molecule has 6 rings (SSSR count). The molecule has 2 aliphatic heterocycles. The van der Waals surface area contributed by atoms with E-state index in [1.807, 2.05) is 23.8 Å². The molecule has 2 aliphatic rings. The minimum atomic E-state index is 0.589. The molecular formula is C28H34N8O. The largest absolute Gasteiger partial charge is 0.379 e. The number of morpholine rings is 1. The molecule has 3 aromatic heterocycles. The van der Waals surface area contributed by atoms with Crippen molar-refractivity contribution in [3.05, 3.63) is 65.1 Å². The highest BCUT2D eigenvalue weighted by Crippen LogP contribution is 2.29. The first-order valence-corrected chi connectivity index (χ1v) is 13.2. The fourth-order valence-electron chi connectivity index (χ4n) is 5.54. The Balaban J connectivity index is 1.09. The summed E-state index contributed by atoms with van der Waals surface area (Å²) in [7, 11) is 0. The van der Waals surface area contributed by atoms with Crippen molar-refractivity contribution < 1.29 is 4.74 Å². The number of anilines is 1. The summed E-state index contributed by atoms with van der Waals surface area (Å²) < 4.78 is 7.32. The lowest BCUT2D eigenvalue weighted by molar-refractivity contribution is 0.0336. The zero-order chi connectivity index (χ0) is 25.4. The first-order valence-electron chi connectivity index (χ1n) is 13.2. The van der Waals surface area contributed by atoms with E-state index in [0.717, 1.165) is 86.5 Å². The van der Waals surface area contributed by atoms with Gasteiger partial charge in [-0.15, -0.1) is 0 Å². The number of aromatic nitrogens is 6. The van der Waals surface area contributed by atoms with Crippen LogP contribution in [0, 0.1) is 26.7 Å². The van der Waals surface area contributed by atoms with Gasteiger partial charge in [0, 0.05) is 55.4 Å². The van der Waals surface area contributed by atoms with Gasteiger partial charge in [0.05, 0.1) is 37.0 Å². The number of aryl methyl sites for hydroxylation is 3. The van der Waals surface area contributed by atoms with Crippen LogP contribution in [0.25, 0.3) is 17.0 Å². The lowest BCUT2D eigenvalue weighted by Gasteiger charge is -2.25. The van der Waals surface area contributed by atoms with Crippen LogP contribution in [0.15, 0.2) is 36.7 Å². The number of nitrogens with zero attached hydrogens (tertiary/aromatic N) is 8. The van der Waals surface area contributed by atoms with Crippen LogP contribution in [0.1, 0.15) is 34.9 Å². The van der Waals surface area contributed by atoms with Gasteiger partial charge in [-0.3, -0.25) is 14.9 Å². The summed E-state index contributed by atoms with van der Waals surface area (Å²) in [5.41, 5.74) is 7.80. The quantitative estimate of drug-likeness (QED) is 0.400. The molecule has 5 heterocycles. The molecule has 0 spiro atoms. The van der Waals surface area contributed by atoms with Gasteiger partial charge in [-0.1, -0.05) is 12.1 Å². The van der Waals surface area contributed by atoms with E-state index < -0.39 is 0 Å². The van der Waals surface area contributed by atoms with Gasteiger partial charge in [-0.25, -0.2) is 9.50 Å². The third kappa shape index (κ3) is 5.06. The molecule has 9 heteroatoms. The molecule has 1 unspecified atom stereocenters. The van der Waals surface area contributed by atoms with Crippen molar-refractivity contribution in [3.63, 3.8) is 0 Å². The maximum absolute atomic E-state index is 5.43. The molecule has 37 heavy (non-hydrogen) atoms. The van der Waals surface area contributed by atoms with Crippen molar-refractivity contribution in [2.75, 3.05) is 44.3 Å². The fraction of sp³-hybridized carbons (Fsp3) is 0.464. The molecule has 192 valence electrons. The molecule has 0 aliphatic carbocycles. The van der Waals surface area contributed by atoms with E-state index in [1.165, 1.54) is 17.7 Å². The van der Waals surface area contributed by atoms with E-state index in [-0.39, 0.29) is 0 Å². The fourth-order valence-corrected chi connectivity index (χ4v) is 5.54. The first-order chi connectivity index (χ1) is 18.0. The van der Waals surface area contributed by atoms with Crippen molar-refractivity contribution >= 4 is 11.5 Å². The Bertz CT molecular complexity index is 1380. The van der Waals surface area contributed by atoms with Gasteiger partial charge in [-0.05, 0) is 57.2 Å². The highest BCUT2D eigenvalue weighted by atomic mass is 16.5. The van der Waals surface area contributed by atoms with Crippen LogP contribution in [-0.2, 0) is 17.7 Å². The Kier molecular flexibility index (Phi) is 6.56. The van der Waals surface area contributed by atoms with Gasteiger partial charge in [0.25, 0.3) is 5.78 Å². The SMILES string of the molecule is Cc1nc2nc(C)c(CC3CCN(c4ccc(-c5cnc(CN6CCOCC6)cn5)cc4)C3)c(C)n2n1. The Labute approximate surface area is 217 Å². The van der Waals surface area contributed by atoms with E-state index in [1.54, 1.807) is 0 Å². The second-order valence-electron chi connectivity index (χ2n) is 10.3. The molecule has 9 nitrogen and oxygen atoms in total. The highest BCUT2D eigenvalue weighted by molar-refractivity contribution is 5.62. The maximum atomic E-state index is 5.43. The molecule has 0 bridgehead atoms. The van der Waals surface area contributed by atoms with Crippen molar-refractivity contribution in [3.8, 4) is 11.3 Å². The number of hydrogen-bond acceptors (Lipinski definition) is 8. The molecule has 0 N–H and O–H groups in total. The number of ether oxygens (including phenoxy) is 1. The standard InChI is InChI=1S/C28H34N8O/c1-19-26(20(2)36-28(31-19)32-21(3)33-36)14-22-8-9-35(17-22)25-6-4-23(5-7-25)27-16-29-24(15-30-27)18-34-10-12-37-13-11-34/h4-7,15-16,22H,8-14,17-18H2,1-3H3. The summed E-state index contributed by atoms with van der Waals surface area (Å²) in [4.78, 5) is 23.3. The minimum Gasteiger partial charge on any atom is -0.379 e. The number of rotatable bonds is 6. The molecule has 0 amide bonds. The normalized spacial score (nSPS) is 18.7. The van der Waals surface area contributed by atoms with Crippen molar-refractivity contribution in [1.29, 1.82) is 0 Å². The van der Waals surface area contributed by atoms with E-state index in [2.05, 4.69) is 68.0 Å². The van der Waals surface area contributed by atoms with E-state index in [9.17, 15) is 0 Å². The van der Waals surface area contributed by atoms with Gasteiger partial charge < -0.3 is 9.64 Å². The molecule has 0 radical (unpaired) electrons. The Morgan fingerprint density at radius 1 is 0.946 bits per heavy atom. The molecule has 1 aromatic carbocycles. The predicted molar refractivity (Wildman–Crippen MR) is 143 cm³/mol. The average Bonchev–Trinajstić information content (AvgIpc) is 3.54. The third-order valence-electron chi connectivity index (χ3n) is 7.66. The summed E-state index contributed by atoms with van der Waals surface area (Å²) in [6.45, 7) is 12.6. The van der Waals surface area contributed by atoms with Crippen LogP contribution in [-0.4, -0.2) is 73.8 Å². The first kappa shape index (κ1) is 23.9. The highest BCUT2D eigenvalue weighted by Gasteiger charge is 2.25. The molecule has 2 saturated heterocycles. The van der Waals surface area contributed by atoms with Crippen LogP contribution >= 0.6 is 0 Å². The van der Waals surface area contributed by atoms with Crippen LogP contribution in [0.2, 0.25) is 0 Å². The van der Waals surface area contributed by atoms with E-state index in [4.69, 9.17) is 9.72 Å². The van der Waals surface area contributed by atoms with Gasteiger partial charge in [0.15, 0.2) is 0 Å². The molecular weight excluding hydrogens is 464 g/mol. The second-order valence-corrected chi connectivity index (χ2v) is 10.3. The average molecular weight is 499 g/mol. The van der Waals surface area contributed by atoms with Crippen LogP contribution in [0.4, 0.5) is 5.69 Å². The summed E-state index contributed by atoms with van der Waals surface area (Å²) in [6, 6.07) is 8.74. The second kappa shape index (κ2) is 10.1. The Morgan fingerprint density at radius 2 is 1.76 bits per heavy atom. The maximum Gasteiger partial charge on any atom is 0.252 e. The van der Waals surface area contributed by atoms with Crippen molar-refractivity contribution in [2.24, 2.45) is 5.92 Å². The number of fused-ring (bicyclic) bond motifs is 1. The third-order valence-corrected chi connectivity index (χ3v) is 7.66. The van der Waals surface area contributed by atoms with E-state index in [0.29, 0.717) is 11.7 Å². The zero-order valence-corrected chi connectivity index (χ0v) is 21.9. The topological polar surface area (TPSA) is 84.6 Å². The smallest absolute Gasteiger partial charge is 0.252 e. The summed E-state index contributed by atoms with van der Waals surface area (Å²) >= 11 is 0. The number of hydrogen-bond donors (Lipinski definition) is 0. The minimum absolute atomic E-state index is 0.589. The lowest BCUT2D eigenvalue weighted by atomic mass is 9.96. The van der Waals surface area contributed by atoms with Crippen molar-refractivity contribution in [1.82, 2.24) is 34.4 Å². The number of benzene rings is 1. The summed E-state index contributed by atoms with van der Waals surface area (Å²) in [5, 5.41) is 4.53. The van der Waals surface area contributed by atoms with E-state index >= 15 is 0 Å². The molecule has 4 aromatic rings. The van der Waals surface area contributed by atoms with Crippen LogP contribution in [0.5, 0.6) is 0 Å². The van der Waals surface area contributed by atoms with Gasteiger partial charge in [-0.2, -0.15) is 10.1 Å². The molecule has 0 saturated carbocycles. The van der Waals surface area contributed by atoms with Gasteiger partial charge >= 0.3 is 0 Å². The van der Waals surface area contributed by atoms with Gasteiger partial charge in [0.2, 0.25) is 0 Å². The van der Waals surface area contributed by atoms with Crippen LogP contribution < -0.4 is 4.90 Å². The summed E-state index contributed by atoms with van der Waals surface area (Å²) in [5.74, 6) is 2.05. The van der Waals surface area contributed by atoms with Crippen molar-refractivity contribution in [2.45, 2.75) is 40.2 Å². The van der Waals surface area contributed by atoms with Gasteiger partial charge in [0.1, 0.15) is 5.82 Å². The zero-order valence-electron chi connectivity index (χ0n) is 21.9. The summed E-state index contributed by atoms with van der Waals surface area (Å²) in [6.07, 6.45) is 5.98. The van der Waals surface area contributed by atoms with Crippen LogP contribution in [0.3, 0.4) is 0 Å². The Hall–Kier alpha value is -3.43. The lowest BCUT2D eigenvalue weighted by Crippen LogP contribution is -2.35. The molecule has 2 fully saturated rings.